The maximum Gasteiger partial charge on any atom is 0.187 e. The van der Waals surface area contributed by atoms with E-state index >= 15 is 0 Å². The van der Waals surface area contributed by atoms with Crippen molar-refractivity contribution in [1.29, 1.82) is 0 Å². The molecule has 0 amide bonds. The monoisotopic (exact) mass is 359 g/mol. The van der Waals surface area contributed by atoms with E-state index in [9.17, 15) is 0 Å². The lowest BCUT2D eigenvalue weighted by atomic mass is 10.1. The van der Waals surface area contributed by atoms with Crippen molar-refractivity contribution < 1.29 is 9.64 Å². The van der Waals surface area contributed by atoms with Crippen molar-refractivity contribution in [3.05, 3.63) is 16.3 Å². The van der Waals surface area contributed by atoms with Gasteiger partial charge in [0.2, 0.25) is 0 Å². The Morgan fingerprint density at radius 1 is 1.08 bits per heavy atom. The number of ether oxygens (including phenoxy) is 1. The summed E-state index contributed by atoms with van der Waals surface area (Å²) < 4.78 is 5.49. The second kappa shape index (κ2) is 6.82. The van der Waals surface area contributed by atoms with Crippen LogP contribution in [0.3, 0.4) is 0 Å². The van der Waals surface area contributed by atoms with Crippen LogP contribution >= 0.6 is 11.3 Å². The number of nitrogens with zero attached hydrogens (tertiary/aromatic N) is 2. The van der Waals surface area contributed by atoms with Crippen molar-refractivity contribution in [1.82, 2.24) is 9.97 Å². The highest BCUT2D eigenvalue weighted by Crippen LogP contribution is 2.40. The van der Waals surface area contributed by atoms with Crippen LogP contribution in [0.4, 0.5) is 5.82 Å². The van der Waals surface area contributed by atoms with Crippen molar-refractivity contribution in [3.63, 3.8) is 0 Å². The zero-order valence-corrected chi connectivity index (χ0v) is 15.6. The van der Waals surface area contributed by atoms with E-state index in [0.717, 1.165) is 44.5 Å². The van der Waals surface area contributed by atoms with E-state index in [1.165, 1.54) is 60.7 Å². The molecule has 6 heteroatoms. The minimum absolute atomic E-state index is 0.596. The first-order chi connectivity index (χ1) is 12.4. The quantitative estimate of drug-likeness (QED) is 0.876. The Balaban J connectivity index is 1.50. The van der Waals surface area contributed by atoms with Gasteiger partial charge in [0.05, 0.1) is 18.6 Å². The first-order valence-corrected chi connectivity index (χ1v) is 10.7. The van der Waals surface area contributed by atoms with Gasteiger partial charge < -0.3 is 15.0 Å². The van der Waals surface area contributed by atoms with Gasteiger partial charge in [0.25, 0.3) is 0 Å². The summed E-state index contributed by atoms with van der Waals surface area (Å²) in [6.07, 6.45) is 8.97. The van der Waals surface area contributed by atoms with Gasteiger partial charge in [0.15, 0.2) is 5.82 Å². The average Bonchev–Trinajstić information content (AvgIpc) is 3.32. The molecule has 134 valence electrons. The van der Waals surface area contributed by atoms with Crippen molar-refractivity contribution >= 4 is 27.4 Å². The molecule has 2 aliphatic carbocycles. The summed E-state index contributed by atoms with van der Waals surface area (Å²) in [7, 11) is 0. The maximum absolute atomic E-state index is 5.49. The van der Waals surface area contributed by atoms with Gasteiger partial charge in [-0.1, -0.05) is 12.8 Å². The smallest absolute Gasteiger partial charge is 0.187 e. The molecule has 25 heavy (non-hydrogen) atoms. The molecular formula is C19H27N4OS+. The molecule has 1 aliphatic heterocycles. The number of quaternary nitrogens is 1. The summed E-state index contributed by atoms with van der Waals surface area (Å²) in [5.74, 6) is 2.13. The third kappa shape index (κ3) is 3.15. The molecule has 1 saturated heterocycles. The highest BCUT2D eigenvalue weighted by atomic mass is 32.1. The van der Waals surface area contributed by atoms with Gasteiger partial charge in [0.1, 0.15) is 30.3 Å². The second-order valence-corrected chi connectivity index (χ2v) is 8.77. The van der Waals surface area contributed by atoms with E-state index in [1.54, 1.807) is 9.78 Å². The Morgan fingerprint density at radius 2 is 1.92 bits per heavy atom. The van der Waals surface area contributed by atoms with Crippen LogP contribution in [-0.2, 0) is 24.1 Å². The van der Waals surface area contributed by atoms with Gasteiger partial charge in [-0.25, -0.2) is 9.97 Å². The Labute approximate surface area is 152 Å². The van der Waals surface area contributed by atoms with E-state index in [1.807, 2.05) is 11.3 Å². The van der Waals surface area contributed by atoms with Gasteiger partial charge in [-0.3, -0.25) is 0 Å². The summed E-state index contributed by atoms with van der Waals surface area (Å²) in [5, 5.41) is 5.14. The third-order valence-electron chi connectivity index (χ3n) is 5.92. The van der Waals surface area contributed by atoms with Gasteiger partial charge >= 0.3 is 0 Å². The number of thiophene rings is 1. The molecule has 0 aromatic carbocycles. The fraction of sp³-hybridized carbons (Fsp3) is 0.684. The average molecular weight is 360 g/mol. The fourth-order valence-corrected chi connectivity index (χ4v) is 5.83. The SMILES string of the molecule is C1Cc2sc3nc(C[NH+]4CCOCC4)nc(NC4CCCC4)c3c2C1. The van der Waals surface area contributed by atoms with Gasteiger partial charge in [-0.05, 0) is 37.7 Å². The Morgan fingerprint density at radius 3 is 2.76 bits per heavy atom. The minimum Gasteiger partial charge on any atom is -0.370 e. The molecule has 3 heterocycles. The molecule has 0 bridgehead atoms. The number of aromatic nitrogens is 2. The zero-order valence-electron chi connectivity index (χ0n) is 14.8. The standard InChI is InChI=1S/C19H26N4OS/c1-2-5-13(4-1)20-18-17-14-6-3-7-15(14)25-19(17)22-16(21-18)12-23-8-10-24-11-9-23/h13H,1-12H2,(H,20,21,22)/p+1. The lowest BCUT2D eigenvalue weighted by Crippen LogP contribution is -3.12. The number of aryl methyl sites for hydroxylation is 2. The van der Waals surface area contributed by atoms with Crippen LogP contribution in [0.15, 0.2) is 0 Å². The van der Waals surface area contributed by atoms with E-state index in [-0.39, 0.29) is 0 Å². The lowest BCUT2D eigenvalue weighted by molar-refractivity contribution is -0.922. The molecule has 5 nitrogen and oxygen atoms in total. The molecule has 0 atom stereocenters. The summed E-state index contributed by atoms with van der Waals surface area (Å²) in [4.78, 5) is 14.3. The first-order valence-electron chi connectivity index (χ1n) is 9.86. The molecule has 5 rings (SSSR count). The molecule has 1 saturated carbocycles. The molecule has 2 aromatic heterocycles. The molecule has 2 aromatic rings. The normalized spacial score (nSPS) is 21.9. The first kappa shape index (κ1) is 16.0. The van der Waals surface area contributed by atoms with Crippen LogP contribution in [0.2, 0.25) is 0 Å². The largest absolute Gasteiger partial charge is 0.370 e. The van der Waals surface area contributed by atoms with E-state index in [4.69, 9.17) is 14.7 Å². The Bertz CT molecular complexity index is 762. The number of hydrogen-bond acceptors (Lipinski definition) is 5. The van der Waals surface area contributed by atoms with Gasteiger partial charge in [-0.2, -0.15) is 0 Å². The molecular weight excluding hydrogens is 332 g/mol. The third-order valence-corrected chi connectivity index (χ3v) is 7.10. The van der Waals surface area contributed by atoms with E-state index < -0.39 is 0 Å². The number of nitrogens with one attached hydrogen (secondary N) is 2. The summed E-state index contributed by atoms with van der Waals surface area (Å²) in [6.45, 7) is 4.76. The van der Waals surface area contributed by atoms with Crippen LogP contribution in [0.5, 0.6) is 0 Å². The zero-order chi connectivity index (χ0) is 16.6. The predicted molar refractivity (Wildman–Crippen MR) is 101 cm³/mol. The van der Waals surface area contributed by atoms with Crippen molar-refractivity contribution in [2.75, 3.05) is 31.6 Å². The number of morpholine rings is 1. The van der Waals surface area contributed by atoms with Gasteiger partial charge in [-0.15, -0.1) is 11.3 Å². The van der Waals surface area contributed by atoms with Crippen LogP contribution in [0.25, 0.3) is 10.2 Å². The fourth-order valence-electron chi connectivity index (χ4n) is 4.55. The Hall–Kier alpha value is -1.24. The number of anilines is 1. The molecule has 0 radical (unpaired) electrons. The molecule has 0 spiro atoms. The highest BCUT2D eigenvalue weighted by Gasteiger charge is 2.25. The second-order valence-electron chi connectivity index (χ2n) is 7.69. The highest BCUT2D eigenvalue weighted by molar-refractivity contribution is 7.19. The number of hydrogen-bond donors (Lipinski definition) is 2. The van der Waals surface area contributed by atoms with Crippen LogP contribution in [0.1, 0.15) is 48.4 Å². The minimum atomic E-state index is 0.596. The van der Waals surface area contributed by atoms with Crippen molar-refractivity contribution in [2.45, 2.75) is 57.5 Å². The van der Waals surface area contributed by atoms with E-state index in [0.29, 0.717) is 6.04 Å². The molecule has 3 aliphatic rings. The van der Waals surface area contributed by atoms with Crippen molar-refractivity contribution in [2.24, 2.45) is 0 Å². The molecule has 2 fully saturated rings. The number of fused-ring (bicyclic) bond motifs is 3. The van der Waals surface area contributed by atoms with Crippen LogP contribution in [0, 0.1) is 0 Å². The summed E-state index contributed by atoms with van der Waals surface area (Å²) in [5.41, 5.74) is 1.53. The molecule has 0 unspecified atom stereocenters. The predicted octanol–water partition coefficient (Wildman–Crippen LogP) is 1.95. The topological polar surface area (TPSA) is 51.5 Å². The van der Waals surface area contributed by atoms with Crippen LogP contribution < -0.4 is 10.2 Å². The number of rotatable bonds is 4. The maximum atomic E-state index is 5.49. The van der Waals surface area contributed by atoms with E-state index in [2.05, 4.69) is 5.32 Å². The lowest BCUT2D eigenvalue weighted by Gasteiger charge is -2.23. The molecule has 2 N–H and O–H groups in total. The van der Waals surface area contributed by atoms with Crippen LogP contribution in [-0.4, -0.2) is 42.3 Å². The summed E-state index contributed by atoms with van der Waals surface area (Å²) >= 11 is 1.91. The van der Waals surface area contributed by atoms with Gasteiger partial charge in [0, 0.05) is 10.9 Å². The van der Waals surface area contributed by atoms with Crippen molar-refractivity contribution in [3.8, 4) is 0 Å². The summed E-state index contributed by atoms with van der Waals surface area (Å²) in [6, 6.07) is 0.596. The Kier molecular flexibility index (Phi) is 4.36.